The lowest BCUT2D eigenvalue weighted by Crippen LogP contribution is -2.47. The lowest BCUT2D eigenvalue weighted by molar-refractivity contribution is 0.413. The van der Waals surface area contributed by atoms with E-state index < -0.39 is 11.7 Å². The van der Waals surface area contributed by atoms with Crippen LogP contribution in [0.3, 0.4) is 0 Å². The fraction of sp³-hybridized carbons (Fsp3) is 0.364. The van der Waals surface area contributed by atoms with E-state index in [0.717, 1.165) is 11.1 Å². The average Bonchev–Trinajstić information content (AvgIpc) is 2.66. The van der Waals surface area contributed by atoms with Crippen LogP contribution in [0.25, 0.3) is 0 Å². The molecule has 148 valence electrons. The standard InChI is InChI=1S/C22H27ClN4O/c1-14(2)17-10-19(28-3)18(23)9-16(17)12-22(11-15-7-5-4-6-8-15)13-26-21(25)27-20(22)24/h4-10,13-14,21H,11-12,25H2,1-3H3,(H2,24,27). The molecule has 0 amide bonds. The van der Waals surface area contributed by atoms with Crippen molar-refractivity contribution in [2.75, 3.05) is 7.11 Å². The molecule has 5 nitrogen and oxygen atoms in total. The zero-order valence-electron chi connectivity index (χ0n) is 16.5. The maximum absolute atomic E-state index is 6.45. The second kappa shape index (κ2) is 8.33. The van der Waals surface area contributed by atoms with Crippen molar-refractivity contribution in [3.05, 3.63) is 64.2 Å². The third-order valence-electron chi connectivity index (χ3n) is 5.16. The number of nitrogens with zero attached hydrogens (tertiary/aromatic N) is 2. The highest BCUT2D eigenvalue weighted by Gasteiger charge is 2.37. The number of hydrogen-bond donors (Lipinski definition) is 2. The summed E-state index contributed by atoms with van der Waals surface area (Å²) < 4.78 is 5.41. The van der Waals surface area contributed by atoms with Crippen LogP contribution in [-0.4, -0.2) is 25.4 Å². The Bertz CT molecular complexity index is 895. The zero-order valence-corrected chi connectivity index (χ0v) is 17.3. The quantitative estimate of drug-likeness (QED) is 0.772. The second-order valence-electron chi connectivity index (χ2n) is 7.54. The summed E-state index contributed by atoms with van der Waals surface area (Å²) in [6.07, 6.45) is 2.54. The van der Waals surface area contributed by atoms with Gasteiger partial charge in [-0.2, -0.15) is 0 Å². The fourth-order valence-electron chi connectivity index (χ4n) is 3.68. The SMILES string of the molecule is COc1cc(C(C)C)c(CC2(Cc3ccccc3)C=NC(N)N=C2N)cc1Cl. The molecule has 0 saturated carbocycles. The third kappa shape index (κ3) is 4.21. The van der Waals surface area contributed by atoms with E-state index in [0.29, 0.717) is 35.4 Å². The van der Waals surface area contributed by atoms with Crippen molar-refractivity contribution in [1.82, 2.24) is 0 Å². The van der Waals surface area contributed by atoms with Gasteiger partial charge in [0.25, 0.3) is 0 Å². The molecular formula is C22H27ClN4O. The highest BCUT2D eigenvalue weighted by molar-refractivity contribution is 6.32. The van der Waals surface area contributed by atoms with Crippen molar-refractivity contribution in [3.8, 4) is 5.75 Å². The lowest BCUT2D eigenvalue weighted by atomic mass is 9.74. The van der Waals surface area contributed by atoms with Crippen molar-refractivity contribution in [1.29, 1.82) is 0 Å². The van der Waals surface area contributed by atoms with Crippen molar-refractivity contribution in [2.24, 2.45) is 26.9 Å². The first kappa shape index (κ1) is 20.4. The van der Waals surface area contributed by atoms with Crippen LogP contribution >= 0.6 is 11.6 Å². The van der Waals surface area contributed by atoms with Gasteiger partial charge in [-0.3, -0.25) is 10.7 Å². The molecule has 2 unspecified atom stereocenters. The Kier molecular flexibility index (Phi) is 6.06. The molecule has 4 N–H and O–H groups in total. The van der Waals surface area contributed by atoms with Crippen LogP contribution in [0.5, 0.6) is 5.75 Å². The summed E-state index contributed by atoms with van der Waals surface area (Å²) in [5.74, 6) is 1.48. The number of hydrogen-bond acceptors (Lipinski definition) is 5. The van der Waals surface area contributed by atoms with Gasteiger partial charge in [0, 0.05) is 6.21 Å². The van der Waals surface area contributed by atoms with E-state index in [1.54, 1.807) is 7.11 Å². The largest absolute Gasteiger partial charge is 0.495 e. The van der Waals surface area contributed by atoms with Crippen LogP contribution in [-0.2, 0) is 12.8 Å². The van der Waals surface area contributed by atoms with Gasteiger partial charge >= 0.3 is 0 Å². The minimum absolute atomic E-state index is 0.302. The summed E-state index contributed by atoms with van der Waals surface area (Å²) in [6.45, 7) is 4.30. The van der Waals surface area contributed by atoms with Gasteiger partial charge in [-0.15, -0.1) is 0 Å². The maximum Gasteiger partial charge on any atom is 0.192 e. The normalized spacial score (nSPS) is 21.6. The monoisotopic (exact) mass is 398 g/mol. The Hall–Kier alpha value is -2.37. The molecule has 1 aliphatic heterocycles. The lowest BCUT2D eigenvalue weighted by Gasteiger charge is -2.34. The molecular weight excluding hydrogens is 372 g/mol. The van der Waals surface area contributed by atoms with Gasteiger partial charge in [0.15, 0.2) is 6.29 Å². The van der Waals surface area contributed by atoms with Gasteiger partial charge in [0.1, 0.15) is 11.6 Å². The van der Waals surface area contributed by atoms with Gasteiger partial charge in [-0.1, -0.05) is 55.8 Å². The number of amidine groups is 1. The molecule has 3 rings (SSSR count). The molecule has 0 fully saturated rings. The summed E-state index contributed by atoms with van der Waals surface area (Å²) in [7, 11) is 1.63. The summed E-state index contributed by atoms with van der Waals surface area (Å²) >= 11 is 6.45. The molecule has 0 saturated heterocycles. The van der Waals surface area contributed by atoms with E-state index in [4.69, 9.17) is 27.8 Å². The van der Waals surface area contributed by atoms with Gasteiger partial charge in [0.05, 0.1) is 17.5 Å². The predicted octanol–water partition coefficient (Wildman–Crippen LogP) is 3.93. The van der Waals surface area contributed by atoms with E-state index >= 15 is 0 Å². The molecule has 0 aromatic heterocycles. The van der Waals surface area contributed by atoms with Gasteiger partial charge in [-0.25, -0.2) is 4.99 Å². The van der Waals surface area contributed by atoms with Crippen LogP contribution < -0.4 is 16.2 Å². The fourth-order valence-corrected chi connectivity index (χ4v) is 3.95. The average molecular weight is 399 g/mol. The molecule has 2 aromatic carbocycles. The number of benzene rings is 2. The molecule has 1 aliphatic rings. The van der Waals surface area contributed by atoms with Crippen molar-refractivity contribution in [2.45, 2.75) is 38.9 Å². The number of methoxy groups -OCH3 is 1. The van der Waals surface area contributed by atoms with Crippen molar-refractivity contribution in [3.63, 3.8) is 0 Å². The van der Waals surface area contributed by atoms with E-state index in [1.807, 2.05) is 36.5 Å². The second-order valence-corrected chi connectivity index (χ2v) is 7.95. The third-order valence-corrected chi connectivity index (χ3v) is 5.46. The topological polar surface area (TPSA) is 86.0 Å². The molecule has 0 radical (unpaired) electrons. The highest BCUT2D eigenvalue weighted by atomic mass is 35.5. The number of ether oxygens (including phenoxy) is 1. The summed E-state index contributed by atoms with van der Waals surface area (Å²) in [4.78, 5) is 8.76. The number of halogens is 1. The van der Waals surface area contributed by atoms with Crippen LogP contribution in [0, 0.1) is 5.41 Å². The first-order chi connectivity index (χ1) is 13.3. The summed E-state index contributed by atoms with van der Waals surface area (Å²) in [5.41, 5.74) is 15.2. The number of aliphatic imine (C=N–C) groups is 2. The Morgan fingerprint density at radius 1 is 1.18 bits per heavy atom. The first-order valence-corrected chi connectivity index (χ1v) is 9.76. The van der Waals surface area contributed by atoms with Crippen molar-refractivity contribution < 1.29 is 4.74 Å². The predicted molar refractivity (Wildman–Crippen MR) is 116 cm³/mol. The molecule has 2 atom stereocenters. The van der Waals surface area contributed by atoms with E-state index in [1.165, 1.54) is 5.56 Å². The van der Waals surface area contributed by atoms with Gasteiger partial charge < -0.3 is 10.5 Å². The number of rotatable bonds is 6. The van der Waals surface area contributed by atoms with Crippen LogP contribution in [0.1, 0.15) is 36.5 Å². The number of nitrogens with two attached hydrogens (primary N) is 2. The van der Waals surface area contributed by atoms with E-state index in [-0.39, 0.29) is 0 Å². The first-order valence-electron chi connectivity index (χ1n) is 9.38. The summed E-state index contributed by atoms with van der Waals surface area (Å²) in [5, 5.41) is 0.580. The molecule has 2 aromatic rings. The molecule has 28 heavy (non-hydrogen) atoms. The molecule has 1 heterocycles. The van der Waals surface area contributed by atoms with Crippen LogP contribution in [0.4, 0.5) is 0 Å². The molecule has 6 heteroatoms. The molecule has 0 bridgehead atoms. The summed E-state index contributed by atoms with van der Waals surface area (Å²) in [6, 6.07) is 14.2. The van der Waals surface area contributed by atoms with Gasteiger partial charge in [-0.05, 0) is 47.6 Å². The minimum atomic E-state index is -0.645. The highest BCUT2D eigenvalue weighted by Crippen LogP contribution is 2.37. The van der Waals surface area contributed by atoms with Crippen LogP contribution in [0.15, 0.2) is 52.4 Å². The maximum atomic E-state index is 6.45. The van der Waals surface area contributed by atoms with E-state index in [9.17, 15) is 0 Å². The van der Waals surface area contributed by atoms with E-state index in [2.05, 4.69) is 36.0 Å². The molecule has 0 aliphatic carbocycles. The smallest absolute Gasteiger partial charge is 0.192 e. The molecule has 0 spiro atoms. The van der Waals surface area contributed by atoms with Gasteiger partial charge in [0.2, 0.25) is 0 Å². The Labute approximate surface area is 171 Å². The zero-order chi connectivity index (χ0) is 20.3. The van der Waals surface area contributed by atoms with Crippen LogP contribution in [0.2, 0.25) is 5.02 Å². The Morgan fingerprint density at radius 2 is 1.89 bits per heavy atom. The minimum Gasteiger partial charge on any atom is -0.495 e. The Morgan fingerprint density at radius 3 is 2.50 bits per heavy atom. The Balaban J connectivity index is 2.07. The van der Waals surface area contributed by atoms with Crippen molar-refractivity contribution >= 4 is 23.7 Å².